The minimum absolute atomic E-state index is 0.0105. The summed E-state index contributed by atoms with van der Waals surface area (Å²) in [6.45, 7) is 4.96. The monoisotopic (exact) mass is 946 g/mol. The van der Waals surface area contributed by atoms with Crippen LogP contribution in [0.2, 0.25) is 0 Å². The van der Waals surface area contributed by atoms with Crippen LogP contribution in [0.1, 0.15) is 341 Å². The summed E-state index contributed by atoms with van der Waals surface area (Å²) in [5.41, 5.74) is 0. The minimum atomic E-state index is -0.662. The van der Waals surface area contributed by atoms with Crippen LogP contribution in [-0.2, 0) is 14.3 Å². The molecular weight excluding hydrogens is 827 g/mol. The lowest BCUT2D eigenvalue weighted by atomic mass is 10.0. The van der Waals surface area contributed by atoms with Crippen molar-refractivity contribution in [1.29, 1.82) is 0 Å². The van der Waals surface area contributed by atoms with Crippen LogP contribution in [0.4, 0.5) is 0 Å². The van der Waals surface area contributed by atoms with E-state index in [9.17, 15) is 19.8 Å². The molecule has 398 valence electrons. The maximum Gasteiger partial charge on any atom is 0.305 e. The SMILES string of the molecule is CCCCCCCC/C=C\CCCCCCCCCC(=O)OCCCCCCCCCCCCCCCCCCCCCCCCC(=O)NC(CO)C(O)CCCCCCCCCCCCC. The Labute approximate surface area is 419 Å². The molecule has 0 spiro atoms. The van der Waals surface area contributed by atoms with Crippen molar-refractivity contribution in [2.24, 2.45) is 0 Å². The zero-order valence-corrected chi connectivity index (χ0v) is 45.4. The molecule has 0 rings (SSSR count). The number of amides is 1. The van der Waals surface area contributed by atoms with Crippen molar-refractivity contribution >= 4 is 11.9 Å². The van der Waals surface area contributed by atoms with E-state index in [1.165, 1.54) is 263 Å². The second kappa shape index (κ2) is 57.2. The first-order chi connectivity index (χ1) is 33.0. The van der Waals surface area contributed by atoms with Crippen molar-refractivity contribution in [3.8, 4) is 0 Å². The Hall–Kier alpha value is -1.40. The molecule has 2 unspecified atom stereocenters. The highest BCUT2D eigenvalue weighted by Crippen LogP contribution is 2.18. The second-order valence-electron chi connectivity index (χ2n) is 21.0. The molecule has 2 atom stereocenters. The molecule has 0 bridgehead atoms. The number of hydrogen-bond acceptors (Lipinski definition) is 5. The first-order valence-electron chi connectivity index (χ1n) is 30.4. The maximum atomic E-state index is 12.4. The Morgan fingerprint density at radius 2 is 0.701 bits per heavy atom. The van der Waals surface area contributed by atoms with E-state index in [1.54, 1.807) is 0 Å². The molecule has 67 heavy (non-hydrogen) atoms. The van der Waals surface area contributed by atoms with Crippen LogP contribution < -0.4 is 5.32 Å². The second-order valence-corrected chi connectivity index (χ2v) is 21.0. The number of carbonyl (C=O) groups excluding carboxylic acids is 2. The maximum absolute atomic E-state index is 12.4. The van der Waals surface area contributed by atoms with E-state index in [-0.39, 0.29) is 18.5 Å². The summed E-state index contributed by atoms with van der Waals surface area (Å²) in [5.74, 6) is -0.0243. The molecule has 0 heterocycles. The van der Waals surface area contributed by atoms with Crippen LogP contribution in [0, 0.1) is 0 Å². The lowest BCUT2D eigenvalue weighted by Crippen LogP contribution is -2.45. The van der Waals surface area contributed by atoms with Crippen molar-refractivity contribution in [1.82, 2.24) is 5.32 Å². The molecule has 0 fully saturated rings. The highest BCUT2D eigenvalue weighted by molar-refractivity contribution is 5.76. The van der Waals surface area contributed by atoms with Crippen LogP contribution in [0.5, 0.6) is 0 Å². The third kappa shape index (κ3) is 53.8. The van der Waals surface area contributed by atoms with Gasteiger partial charge in [0.1, 0.15) is 0 Å². The number of esters is 1. The van der Waals surface area contributed by atoms with Gasteiger partial charge in [-0.05, 0) is 51.4 Å². The van der Waals surface area contributed by atoms with Crippen molar-refractivity contribution < 1.29 is 24.5 Å². The van der Waals surface area contributed by atoms with Crippen molar-refractivity contribution in [3.05, 3.63) is 12.2 Å². The molecule has 0 aromatic heterocycles. The highest BCUT2D eigenvalue weighted by Gasteiger charge is 2.20. The normalized spacial score (nSPS) is 12.6. The quantitative estimate of drug-likeness (QED) is 0.0321. The molecule has 1 amide bonds. The van der Waals surface area contributed by atoms with Gasteiger partial charge in [-0.1, -0.05) is 289 Å². The molecule has 6 nitrogen and oxygen atoms in total. The van der Waals surface area contributed by atoms with Gasteiger partial charge in [-0.25, -0.2) is 0 Å². The van der Waals surface area contributed by atoms with Gasteiger partial charge in [-0.15, -0.1) is 0 Å². The van der Waals surface area contributed by atoms with Gasteiger partial charge in [-0.2, -0.15) is 0 Å². The smallest absolute Gasteiger partial charge is 0.305 e. The van der Waals surface area contributed by atoms with E-state index < -0.39 is 12.1 Å². The fourth-order valence-electron chi connectivity index (χ4n) is 9.64. The Bertz CT molecular complexity index is 1000. The molecule has 0 aliphatic heterocycles. The summed E-state index contributed by atoms with van der Waals surface area (Å²) >= 11 is 0. The topological polar surface area (TPSA) is 95.9 Å². The molecule has 3 N–H and O–H groups in total. The van der Waals surface area contributed by atoms with Gasteiger partial charge in [0.05, 0.1) is 25.4 Å². The third-order valence-electron chi connectivity index (χ3n) is 14.3. The van der Waals surface area contributed by atoms with E-state index in [0.717, 1.165) is 44.9 Å². The summed E-state index contributed by atoms with van der Waals surface area (Å²) in [4.78, 5) is 24.5. The summed E-state index contributed by atoms with van der Waals surface area (Å²) in [5, 5.41) is 23.2. The molecule has 0 aromatic carbocycles. The Morgan fingerprint density at radius 3 is 1.06 bits per heavy atom. The molecule has 0 radical (unpaired) electrons. The number of rotatable bonds is 57. The summed E-state index contributed by atoms with van der Waals surface area (Å²) in [7, 11) is 0. The van der Waals surface area contributed by atoms with Crippen molar-refractivity contribution in [3.63, 3.8) is 0 Å². The predicted octanol–water partition coefficient (Wildman–Crippen LogP) is 18.9. The summed E-state index contributed by atoms with van der Waals surface area (Å²) < 4.78 is 5.49. The van der Waals surface area contributed by atoms with E-state index in [2.05, 4.69) is 31.3 Å². The molecule has 0 saturated carbocycles. The van der Waals surface area contributed by atoms with Gasteiger partial charge in [0.15, 0.2) is 0 Å². The lowest BCUT2D eigenvalue weighted by molar-refractivity contribution is -0.143. The molecule has 0 aliphatic rings. The largest absolute Gasteiger partial charge is 0.466 e. The fraction of sp³-hybridized carbons (Fsp3) is 0.934. The van der Waals surface area contributed by atoms with Gasteiger partial charge < -0.3 is 20.3 Å². The number of unbranched alkanes of at least 4 members (excludes halogenated alkanes) is 44. The molecule has 0 aromatic rings. The molecular formula is C61H119NO5. The molecule has 0 aliphatic carbocycles. The number of nitrogens with one attached hydrogen (secondary N) is 1. The number of allylic oxidation sites excluding steroid dienone is 2. The number of aliphatic hydroxyl groups excluding tert-OH is 2. The van der Waals surface area contributed by atoms with E-state index in [4.69, 9.17) is 4.74 Å². The van der Waals surface area contributed by atoms with Gasteiger partial charge in [-0.3, -0.25) is 9.59 Å². The average Bonchev–Trinajstić information content (AvgIpc) is 3.33. The number of hydrogen-bond donors (Lipinski definition) is 3. The zero-order valence-electron chi connectivity index (χ0n) is 45.4. The van der Waals surface area contributed by atoms with Crippen LogP contribution in [0.15, 0.2) is 12.2 Å². The van der Waals surface area contributed by atoms with Gasteiger partial charge in [0.2, 0.25) is 5.91 Å². The first-order valence-corrected chi connectivity index (χ1v) is 30.4. The number of aliphatic hydroxyl groups is 2. The van der Waals surface area contributed by atoms with Crippen LogP contribution in [0.3, 0.4) is 0 Å². The van der Waals surface area contributed by atoms with Crippen LogP contribution in [-0.4, -0.2) is 47.4 Å². The molecule has 0 saturated heterocycles. The van der Waals surface area contributed by atoms with E-state index >= 15 is 0 Å². The van der Waals surface area contributed by atoms with Crippen molar-refractivity contribution in [2.45, 2.75) is 353 Å². The average molecular weight is 947 g/mol. The van der Waals surface area contributed by atoms with Gasteiger partial charge in [0.25, 0.3) is 0 Å². The van der Waals surface area contributed by atoms with Gasteiger partial charge in [0, 0.05) is 12.8 Å². The fourth-order valence-corrected chi connectivity index (χ4v) is 9.64. The third-order valence-corrected chi connectivity index (χ3v) is 14.3. The Balaban J connectivity index is 3.34. The number of ether oxygens (including phenoxy) is 1. The summed E-state index contributed by atoms with van der Waals surface area (Å²) in [6.07, 6.45) is 67.9. The van der Waals surface area contributed by atoms with Crippen molar-refractivity contribution in [2.75, 3.05) is 13.2 Å². The van der Waals surface area contributed by atoms with Crippen LogP contribution in [0.25, 0.3) is 0 Å². The van der Waals surface area contributed by atoms with E-state index in [1.807, 2.05) is 0 Å². The number of carbonyl (C=O) groups is 2. The molecule has 6 heteroatoms. The minimum Gasteiger partial charge on any atom is -0.466 e. The Kier molecular flexibility index (Phi) is 56.0. The highest BCUT2D eigenvalue weighted by atomic mass is 16.5. The van der Waals surface area contributed by atoms with Gasteiger partial charge >= 0.3 is 5.97 Å². The summed E-state index contributed by atoms with van der Waals surface area (Å²) in [6, 6.07) is -0.539. The van der Waals surface area contributed by atoms with E-state index in [0.29, 0.717) is 25.9 Å². The Morgan fingerprint density at radius 1 is 0.403 bits per heavy atom. The lowest BCUT2D eigenvalue weighted by Gasteiger charge is -2.22. The first kappa shape index (κ1) is 65.6. The van der Waals surface area contributed by atoms with Crippen LogP contribution >= 0.6 is 0 Å². The predicted molar refractivity (Wildman–Crippen MR) is 292 cm³/mol. The standard InChI is InChI=1S/C61H119NO5/c1-3-5-7-9-11-13-15-16-17-24-28-31-35-39-43-47-51-55-61(66)67-56-52-48-44-40-36-32-29-26-23-21-19-18-20-22-25-27-30-34-38-42-46-50-54-60(65)62-58(57-63)59(64)53-49-45-41-37-33-14-12-10-8-6-4-2/h16-17,58-59,63-64H,3-15,18-57H2,1-2H3,(H,62,65)/b17-16-. The zero-order chi connectivity index (χ0) is 48.6.